The summed E-state index contributed by atoms with van der Waals surface area (Å²) in [5, 5.41) is 0. The minimum atomic E-state index is -0.211. The second-order valence-corrected chi connectivity index (χ2v) is 11.7. The zero-order valence-corrected chi connectivity index (χ0v) is 25.0. The molecular formula is C32H38N2O4S2+2. The second-order valence-electron chi connectivity index (χ2n) is 9.84. The Morgan fingerprint density at radius 2 is 1.05 bits per heavy atom. The average molecular weight is 579 g/mol. The normalized spacial score (nSPS) is 10.9. The van der Waals surface area contributed by atoms with Crippen LogP contribution in [0.25, 0.3) is 0 Å². The van der Waals surface area contributed by atoms with Gasteiger partial charge in [-0.2, -0.15) is 9.13 Å². The highest BCUT2D eigenvalue weighted by Gasteiger charge is 2.17. The number of unbranched alkanes of at least 4 members (excludes halogenated alkanes) is 1. The molecule has 0 bridgehead atoms. The van der Waals surface area contributed by atoms with E-state index in [4.69, 9.17) is 9.47 Å². The van der Waals surface area contributed by atoms with E-state index in [-0.39, 0.29) is 11.9 Å². The summed E-state index contributed by atoms with van der Waals surface area (Å²) in [6, 6.07) is 20.7. The molecule has 0 fully saturated rings. The molecule has 0 N–H and O–H groups in total. The lowest BCUT2D eigenvalue weighted by atomic mass is 10.2. The van der Waals surface area contributed by atoms with E-state index in [0.29, 0.717) is 51.7 Å². The Balaban J connectivity index is 1.06. The van der Waals surface area contributed by atoms with Gasteiger partial charge in [-0.1, -0.05) is 83.3 Å². The first-order valence-corrected chi connectivity index (χ1v) is 15.6. The summed E-state index contributed by atoms with van der Waals surface area (Å²) >= 11 is 3.40. The monoisotopic (exact) mass is 578 g/mol. The molecule has 0 saturated heterocycles. The number of hydrogen-bond donors (Lipinski definition) is 0. The van der Waals surface area contributed by atoms with Crippen LogP contribution < -0.4 is 9.13 Å². The predicted octanol–water partition coefficient (Wildman–Crippen LogP) is 5.53. The van der Waals surface area contributed by atoms with E-state index in [1.165, 1.54) is 32.3 Å². The quantitative estimate of drug-likeness (QED) is 0.106. The molecule has 0 amide bonds. The molecule has 0 saturated carbocycles. The van der Waals surface area contributed by atoms with Crippen LogP contribution in [0.15, 0.2) is 71.7 Å². The lowest BCUT2D eigenvalue weighted by molar-refractivity contribution is -0.689. The Kier molecular flexibility index (Phi) is 11.4. The summed E-state index contributed by atoms with van der Waals surface area (Å²) < 4.78 is 15.4. The van der Waals surface area contributed by atoms with E-state index in [1.807, 2.05) is 12.1 Å². The van der Waals surface area contributed by atoms with Crippen LogP contribution in [0.2, 0.25) is 0 Å². The van der Waals surface area contributed by atoms with Gasteiger partial charge in [-0.3, -0.25) is 9.59 Å². The number of benzene rings is 2. The summed E-state index contributed by atoms with van der Waals surface area (Å²) in [6.45, 7) is 6.66. The zero-order valence-electron chi connectivity index (χ0n) is 23.3. The van der Waals surface area contributed by atoms with Crippen LogP contribution in [0.1, 0.15) is 58.0 Å². The van der Waals surface area contributed by atoms with Crippen LogP contribution in [-0.2, 0) is 45.0 Å². The fourth-order valence-electron chi connectivity index (χ4n) is 4.45. The van der Waals surface area contributed by atoms with Crippen molar-refractivity contribution in [2.45, 2.75) is 65.5 Å². The first kappa shape index (κ1) is 29.6. The second kappa shape index (κ2) is 15.4. The van der Waals surface area contributed by atoms with Crippen molar-refractivity contribution in [1.82, 2.24) is 0 Å². The van der Waals surface area contributed by atoms with Gasteiger partial charge < -0.3 is 9.47 Å². The molecule has 4 aromatic rings. The molecule has 6 nitrogen and oxygen atoms in total. The predicted molar refractivity (Wildman–Crippen MR) is 157 cm³/mol. The number of aromatic nitrogens is 2. The maximum Gasteiger partial charge on any atom is 0.305 e. The average Bonchev–Trinajstić information content (AvgIpc) is 3.49. The summed E-state index contributed by atoms with van der Waals surface area (Å²) in [5.74, 6) is -0.423. The third kappa shape index (κ3) is 9.10. The van der Waals surface area contributed by atoms with Crippen molar-refractivity contribution in [2.75, 3.05) is 13.2 Å². The minimum absolute atomic E-state index is 0.211. The lowest BCUT2D eigenvalue weighted by Gasteiger charge is -2.05. The maximum absolute atomic E-state index is 12.1. The van der Waals surface area contributed by atoms with Crippen LogP contribution in [0.5, 0.6) is 0 Å². The van der Waals surface area contributed by atoms with E-state index in [0.717, 1.165) is 13.1 Å². The topological polar surface area (TPSA) is 60.4 Å². The Morgan fingerprint density at radius 1 is 0.650 bits per heavy atom. The number of esters is 2. The van der Waals surface area contributed by atoms with Gasteiger partial charge in [-0.05, 0) is 12.8 Å². The van der Waals surface area contributed by atoms with E-state index in [2.05, 4.69) is 82.5 Å². The molecule has 0 spiro atoms. The van der Waals surface area contributed by atoms with Crippen molar-refractivity contribution in [3.8, 4) is 0 Å². The van der Waals surface area contributed by atoms with Crippen LogP contribution in [0.4, 0.5) is 0 Å². The number of rotatable bonds is 15. The molecule has 2 heterocycles. The van der Waals surface area contributed by atoms with E-state index < -0.39 is 0 Å². The van der Waals surface area contributed by atoms with Gasteiger partial charge in [0.1, 0.15) is 0 Å². The molecule has 4 rings (SSSR count). The highest BCUT2D eigenvalue weighted by molar-refractivity contribution is 7.09. The van der Waals surface area contributed by atoms with Crippen LogP contribution >= 0.6 is 22.7 Å². The van der Waals surface area contributed by atoms with Gasteiger partial charge in [0, 0.05) is 50.7 Å². The van der Waals surface area contributed by atoms with Crippen LogP contribution in [0.3, 0.4) is 0 Å². The largest absolute Gasteiger partial charge is 0.465 e. The maximum atomic E-state index is 12.1. The molecule has 0 aliphatic carbocycles. The van der Waals surface area contributed by atoms with Crippen LogP contribution in [-0.4, -0.2) is 25.2 Å². The summed E-state index contributed by atoms with van der Waals surface area (Å²) in [7, 11) is 0. The van der Waals surface area contributed by atoms with Gasteiger partial charge >= 0.3 is 11.9 Å². The summed E-state index contributed by atoms with van der Waals surface area (Å²) in [6.07, 6.45) is 3.30. The van der Waals surface area contributed by atoms with Crippen molar-refractivity contribution in [1.29, 1.82) is 0 Å². The third-order valence-electron chi connectivity index (χ3n) is 6.90. The molecule has 0 unspecified atom stereocenters. The van der Waals surface area contributed by atoms with Gasteiger partial charge in [0.25, 0.3) is 0 Å². The highest BCUT2D eigenvalue weighted by Crippen LogP contribution is 2.15. The van der Waals surface area contributed by atoms with Gasteiger partial charge in [-0.25, -0.2) is 0 Å². The molecular weight excluding hydrogens is 540 g/mol. The molecule has 210 valence electrons. The number of carbonyl (C=O) groups is 2. The standard InChI is InChI=1S/C32H38N2O4S2/c1-25-29(39-23-33(25)21-27-11-5-3-6-12-27)17-19-37-31(35)15-9-10-16-32(36)38-20-18-30-26(2)34(24-40-30)22-28-13-7-4-8-14-28/h3-8,11-14,23-24H,9-10,15-22H2,1-2H3/q+2. The molecule has 0 radical (unpaired) electrons. The smallest absolute Gasteiger partial charge is 0.305 e. The minimum Gasteiger partial charge on any atom is -0.465 e. The first-order valence-electron chi connectivity index (χ1n) is 13.8. The van der Waals surface area contributed by atoms with E-state index in [9.17, 15) is 9.59 Å². The van der Waals surface area contributed by atoms with Crippen molar-refractivity contribution in [3.63, 3.8) is 0 Å². The van der Waals surface area contributed by atoms with Crippen LogP contribution in [0, 0.1) is 13.8 Å². The van der Waals surface area contributed by atoms with Gasteiger partial charge in [0.05, 0.1) is 23.0 Å². The van der Waals surface area contributed by atoms with E-state index >= 15 is 0 Å². The number of carbonyl (C=O) groups excluding carboxylic acids is 2. The lowest BCUT2D eigenvalue weighted by Crippen LogP contribution is -2.35. The Bertz CT molecular complexity index is 1260. The van der Waals surface area contributed by atoms with Gasteiger partial charge in [0.15, 0.2) is 24.5 Å². The summed E-state index contributed by atoms with van der Waals surface area (Å²) in [5.41, 5.74) is 9.21. The van der Waals surface area contributed by atoms with Crippen molar-refractivity contribution in [3.05, 3.63) is 104 Å². The zero-order chi connectivity index (χ0) is 28.2. The highest BCUT2D eigenvalue weighted by atomic mass is 32.1. The Hall–Kier alpha value is -3.36. The molecule has 0 atom stereocenters. The van der Waals surface area contributed by atoms with Gasteiger partial charge in [-0.15, -0.1) is 0 Å². The fraction of sp³-hybridized carbons (Fsp3) is 0.375. The Morgan fingerprint density at radius 3 is 1.45 bits per heavy atom. The third-order valence-corrected chi connectivity index (χ3v) is 9.19. The van der Waals surface area contributed by atoms with Crippen molar-refractivity contribution >= 4 is 34.6 Å². The number of hydrogen-bond acceptors (Lipinski definition) is 6. The SMILES string of the molecule is Cc1c(CCOC(=O)CCCCC(=O)OCCc2sc[n+](Cc3ccccc3)c2C)sc[n+]1Cc1ccccc1. The summed E-state index contributed by atoms with van der Waals surface area (Å²) in [4.78, 5) is 26.8. The van der Waals surface area contributed by atoms with Crippen molar-refractivity contribution in [2.24, 2.45) is 0 Å². The Labute approximate surface area is 244 Å². The van der Waals surface area contributed by atoms with Gasteiger partial charge in [0.2, 0.25) is 11.0 Å². The first-order chi connectivity index (χ1) is 19.5. The number of nitrogens with zero attached hydrogens (tertiary/aromatic N) is 2. The molecule has 0 aliphatic rings. The number of ether oxygens (including phenoxy) is 2. The molecule has 2 aromatic carbocycles. The molecule has 2 aromatic heterocycles. The molecule has 8 heteroatoms. The van der Waals surface area contributed by atoms with E-state index in [1.54, 1.807) is 22.7 Å². The fourth-order valence-corrected chi connectivity index (χ4v) is 6.41. The van der Waals surface area contributed by atoms with Crippen molar-refractivity contribution < 1.29 is 28.2 Å². The molecule has 0 aliphatic heterocycles. The number of thiazole rings is 2. The molecule has 40 heavy (non-hydrogen) atoms.